The van der Waals surface area contributed by atoms with Crippen molar-refractivity contribution in [2.75, 3.05) is 0 Å². The van der Waals surface area contributed by atoms with Crippen LogP contribution in [0.1, 0.15) is 48.6 Å². The molecule has 2 aliphatic rings. The number of hydrogen-bond acceptors (Lipinski definition) is 2. The number of allylic oxidation sites excluding steroid dienone is 1. The molecule has 0 bridgehead atoms. The van der Waals surface area contributed by atoms with E-state index in [1.165, 1.54) is 43.4 Å². The lowest BCUT2D eigenvalue weighted by molar-refractivity contribution is 0.200. The molecule has 0 aliphatic heterocycles. The van der Waals surface area contributed by atoms with Crippen molar-refractivity contribution in [2.45, 2.75) is 38.0 Å². The smallest absolute Gasteiger partial charge is 0.248 e. The zero-order chi connectivity index (χ0) is 20.5. The van der Waals surface area contributed by atoms with Gasteiger partial charge in [0, 0.05) is 29.4 Å². The Bertz CT molecular complexity index is 1130. The monoisotopic (exact) mass is 400 g/mol. The fourth-order valence-corrected chi connectivity index (χ4v) is 5.26. The number of fused-ring (bicyclic) bond motifs is 2. The molecule has 3 unspecified atom stereocenters. The number of aromatic nitrogens is 2. The Morgan fingerprint density at radius 2 is 1.93 bits per heavy atom. The molecular formula is C26H25FN2O. The lowest BCUT2D eigenvalue weighted by atomic mass is 9.64. The first kappa shape index (κ1) is 19.0. The molecular weight excluding hydrogens is 375 g/mol. The molecule has 2 aromatic heterocycles. The summed E-state index contributed by atoms with van der Waals surface area (Å²) in [5.74, 6) is 1.33. The van der Waals surface area contributed by atoms with Crippen LogP contribution in [-0.4, -0.2) is 9.97 Å². The van der Waals surface area contributed by atoms with Crippen LogP contribution in [0.2, 0.25) is 0 Å². The van der Waals surface area contributed by atoms with Crippen molar-refractivity contribution in [3.63, 3.8) is 0 Å². The highest BCUT2D eigenvalue weighted by Gasteiger charge is 2.37. The molecule has 0 saturated heterocycles. The quantitative estimate of drug-likeness (QED) is 0.610. The second-order valence-corrected chi connectivity index (χ2v) is 8.54. The molecule has 1 N–H and O–H groups in total. The van der Waals surface area contributed by atoms with Crippen LogP contribution in [0.25, 0.3) is 17.2 Å². The lowest BCUT2D eigenvalue weighted by Gasteiger charge is -2.41. The first-order valence-electron chi connectivity index (χ1n) is 10.8. The minimum atomic E-state index is -0.243. The van der Waals surface area contributed by atoms with Gasteiger partial charge in [0.25, 0.3) is 0 Å². The van der Waals surface area contributed by atoms with E-state index in [2.05, 4.69) is 22.1 Å². The van der Waals surface area contributed by atoms with Gasteiger partial charge in [0.2, 0.25) is 5.56 Å². The third-order valence-electron chi connectivity index (χ3n) is 6.71. The number of hydrogen-bond donors (Lipinski definition) is 1. The second kappa shape index (κ2) is 8.02. The Hall–Kier alpha value is -3.01. The van der Waals surface area contributed by atoms with Crippen LogP contribution >= 0.6 is 0 Å². The molecule has 152 valence electrons. The largest absolute Gasteiger partial charge is 0.326 e. The number of benzene rings is 1. The summed E-state index contributed by atoms with van der Waals surface area (Å²) in [7, 11) is 0. The highest BCUT2D eigenvalue weighted by Crippen LogP contribution is 2.46. The number of H-pyrrole nitrogens is 1. The van der Waals surface area contributed by atoms with Crippen molar-refractivity contribution in [3.8, 4) is 11.1 Å². The standard InChI is InChI=1S/C26H25FN2O/c27-20-6-3-5-17(14-20)19-8-9-21(28-16-19)10-11-23-22-7-2-1-4-18(22)15-25-24(23)12-13-26(30)29-25/h3,5-6,8-14,16,18,22-23H,1-2,4,7,15H2,(H,29,30)/b11-10+. The molecule has 0 spiro atoms. The van der Waals surface area contributed by atoms with Crippen molar-refractivity contribution in [3.05, 3.63) is 93.9 Å². The van der Waals surface area contributed by atoms with Crippen molar-refractivity contribution in [2.24, 2.45) is 11.8 Å². The van der Waals surface area contributed by atoms with Crippen LogP contribution in [-0.2, 0) is 6.42 Å². The molecule has 1 saturated carbocycles. The van der Waals surface area contributed by atoms with E-state index in [-0.39, 0.29) is 11.4 Å². The highest BCUT2D eigenvalue weighted by molar-refractivity contribution is 5.63. The topological polar surface area (TPSA) is 45.8 Å². The molecule has 1 fully saturated rings. The summed E-state index contributed by atoms with van der Waals surface area (Å²) >= 11 is 0. The van der Waals surface area contributed by atoms with Gasteiger partial charge in [0.05, 0.1) is 5.69 Å². The van der Waals surface area contributed by atoms with Gasteiger partial charge in [0.15, 0.2) is 0 Å². The summed E-state index contributed by atoms with van der Waals surface area (Å²) in [5.41, 5.74) is 4.97. The Labute approximate surface area is 175 Å². The molecule has 3 nitrogen and oxygen atoms in total. The summed E-state index contributed by atoms with van der Waals surface area (Å²) in [5, 5.41) is 0. The van der Waals surface area contributed by atoms with Gasteiger partial charge >= 0.3 is 0 Å². The van der Waals surface area contributed by atoms with E-state index in [0.29, 0.717) is 17.8 Å². The van der Waals surface area contributed by atoms with Gasteiger partial charge in [-0.25, -0.2) is 4.39 Å². The number of nitrogens with zero attached hydrogens (tertiary/aromatic N) is 1. The highest BCUT2D eigenvalue weighted by atomic mass is 19.1. The van der Waals surface area contributed by atoms with Gasteiger partial charge in [-0.15, -0.1) is 0 Å². The fourth-order valence-electron chi connectivity index (χ4n) is 5.26. The average molecular weight is 400 g/mol. The fraction of sp³-hybridized carbons (Fsp3) is 0.308. The second-order valence-electron chi connectivity index (χ2n) is 8.54. The third kappa shape index (κ3) is 3.74. The molecule has 0 amide bonds. The van der Waals surface area contributed by atoms with Crippen LogP contribution in [0.5, 0.6) is 0 Å². The lowest BCUT2D eigenvalue weighted by Crippen LogP contribution is -2.33. The van der Waals surface area contributed by atoms with Gasteiger partial charge in [-0.2, -0.15) is 0 Å². The molecule has 5 rings (SSSR count). The predicted molar refractivity (Wildman–Crippen MR) is 118 cm³/mol. The maximum atomic E-state index is 13.5. The summed E-state index contributed by atoms with van der Waals surface area (Å²) in [6, 6.07) is 14.2. The van der Waals surface area contributed by atoms with Crippen molar-refractivity contribution >= 4 is 6.08 Å². The number of aromatic amines is 1. The van der Waals surface area contributed by atoms with E-state index in [9.17, 15) is 9.18 Å². The summed E-state index contributed by atoms with van der Waals surface area (Å²) in [6.07, 6.45) is 12.2. The van der Waals surface area contributed by atoms with Crippen LogP contribution in [0.3, 0.4) is 0 Å². The zero-order valence-electron chi connectivity index (χ0n) is 16.9. The molecule has 1 aromatic carbocycles. The van der Waals surface area contributed by atoms with E-state index < -0.39 is 0 Å². The van der Waals surface area contributed by atoms with Gasteiger partial charge < -0.3 is 4.98 Å². The minimum absolute atomic E-state index is 0.0136. The van der Waals surface area contributed by atoms with Crippen molar-refractivity contribution in [1.29, 1.82) is 0 Å². The SMILES string of the molecule is O=c1ccc2c([nH]1)CC1CCCCC1C2/C=C/c1ccc(-c2cccc(F)c2)cn1. The van der Waals surface area contributed by atoms with Gasteiger partial charge in [-0.05, 0) is 66.5 Å². The average Bonchev–Trinajstić information content (AvgIpc) is 2.77. The van der Waals surface area contributed by atoms with Gasteiger partial charge in [-0.3, -0.25) is 9.78 Å². The number of nitrogens with one attached hydrogen (secondary N) is 1. The Morgan fingerprint density at radius 1 is 1.03 bits per heavy atom. The van der Waals surface area contributed by atoms with E-state index in [4.69, 9.17) is 0 Å². The number of pyridine rings is 2. The maximum absolute atomic E-state index is 13.5. The van der Waals surface area contributed by atoms with E-state index in [1.54, 1.807) is 18.3 Å². The summed E-state index contributed by atoms with van der Waals surface area (Å²) in [6.45, 7) is 0. The molecule has 3 aromatic rings. The van der Waals surface area contributed by atoms with Gasteiger partial charge in [-0.1, -0.05) is 43.2 Å². The first-order chi connectivity index (χ1) is 14.7. The van der Waals surface area contributed by atoms with Crippen LogP contribution in [0, 0.1) is 17.7 Å². The molecule has 2 heterocycles. The molecule has 3 atom stereocenters. The minimum Gasteiger partial charge on any atom is -0.326 e. The first-order valence-corrected chi connectivity index (χ1v) is 10.8. The Balaban J connectivity index is 1.43. The van der Waals surface area contributed by atoms with E-state index >= 15 is 0 Å². The Morgan fingerprint density at radius 3 is 2.77 bits per heavy atom. The molecule has 0 radical (unpaired) electrons. The Kier molecular flexibility index (Phi) is 5.07. The zero-order valence-corrected chi connectivity index (χ0v) is 16.9. The van der Waals surface area contributed by atoms with E-state index in [0.717, 1.165) is 28.9 Å². The molecule has 2 aliphatic carbocycles. The number of halogens is 1. The third-order valence-corrected chi connectivity index (χ3v) is 6.71. The summed E-state index contributed by atoms with van der Waals surface area (Å²) < 4.78 is 13.5. The predicted octanol–water partition coefficient (Wildman–Crippen LogP) is 5.74. The van der Waals surface area contributed by atoms with Crippen LogP contribution < -0.4 is 5.56 Å². The molecule has 4 heteroatoms. The maximum Gasteiger partial charge on any atom is 0.248 e. The van der Waals surface area contributed by atoms with Crippen LogP contribution in [0.4, 0.5) is 4.39 Å². The molecule has 30 heavy (non-hydrogen) atoms. The van der Waals surface area contributed by atoms with Crippen molar-refractivity contribution in [1.82, 2.24) is 9.97 Å². The van der Waals surface area contributed by atoms with Crippen LogP contribution in [0.15, 0.2) is 65.6 Å². The number of rotatable bonds is 3. The normalized spacial score (nSPS) is 23.2. The van der Waals surface area contributed by atoms with Crippen molar-refractivity contribution < 1.29 is 4.39 Å². The summed E-state index contributed by atoms with van der Waals surface area (Å²) in [4.78, 5) is 19.5. The van der Waals surface area contributed by atoms with E-state index in [1.807, 2.05) is 24.3 Å². The van der Waals surface area contributed by atoms with Gasteiger partial charge in [0.1, 0.15) is 5.82 Å².